The third-order valence-corrected chi connectivity index (χ3v) is 7.59. The van der Waals surface area contributed by atoms with Crippen molar-refractivity contribution in [2.75, 3.05) is 0 Å². The molecule has 5 heteroatoms. The molecule has 4 aromatic carbocycles. The van der Waals surface area contributed by atoms with Crippen LogP contribution >= 0.6 is 39.1 Å². The maximum Gasteiger partial charge on any atom is 0.0871 e. The molecule has 0 amide bonds. The fraction of sp³-hybridized carbons (Fsp3) is 0.212. The Morgan fingerprint density at radius 2 is 1.32 bits per heavy atom. The molecule has 2 nitrogen and oxygen atoms in total. The van der Waals surface area contributed by atoms with E-state index in [-0.39, 0.29) is 6.10 Å². The first kappa shape index (κ1) is 28.6. The molecule has 2 aliphatic carbocycles. The highest BCUT2D eigenvalue weighted by Crippen LogP contribution is 2.39. The average molecular weight is 610 g/mol. The molecule has 0 unspecified atom stereocenters. The van der Waals surface area contributed by atoms with E-state index in [0.717, 1.165) is 27.4 Å². The van der Waals surface area contributed by atoms with Gasteiger partial charge in [-0.1, -0.05) is 105 Å². The van der Waals surface area contributed by atoms with Crippen LogP contribution in [0.4, 0.5) is 0 Å². The highest BCUT2D eigenvalue weighted by atomic mass is 79.9. The predicted octanol–water partition coefficient (Wildman–Crippen LogP) is 11.1. The van der Waals surface area contributed by atoms with Crippen molar-refractivity contribution in [2.45, 2.75) is 46.6 Å². The van der Waals surface area contributed by atoms with E-state index in [4.69, 9.17) is 28.5 Å². The lowest BCUT2D eigenvalue weighted by Gasteiger charge is -2.13. The van der Waals surface area contributed by atoms with Crippen LogP contribution in [0.3, 0.4) is 0 Å². The van der Waals surface area contributed by atoms with Crippen LogP contribution in [0.2, 0.25) is 10.0 Å². The molecule has 0 heterocycles. The second-order valence-electron chi connectivity index (χ2n) is 9.99. The first-order valence-electron chi connectivity index (χ1n) is 12.6. The molecule has 0 aromatic heterocycles. The largest absolute Gasteiger partial charge is 0.252 e. The Morgan fingerprint density at radius 3 is 1.97 bits per heavy atom. The van der Waals surface area contributed by atoms with E-state index in [0.29, 0.717) is 0 Å². The second kappa shape index (κ2) is 12.6. The number of benzene rings is 4. The third-order valence-electron chi connectivity index (χ3n) is 6.45. The molecule has 6 rings (SSSR count). The molecule has 0 radical (unpaired) electrons. The number of hydrogen-bond acceptors (Lipinski definition) is 2. The minimum atomic E-state index is -0.0602. The molecule has 0 saturated heterocycles. The molecule has 0 fully saturated rings. The van der Waals surface area contributed by atoms with E-state index in [1.165, 1.54) is 55.3 Å². The van der Waals surface area contributed by atoms with Crippen LogP contribution in [0.5, 0.6) is 0 Å². The standard InChI is InChI=1S/C20H15Cl.C10H8BrCl.C3H8O2/c1-13-9-15-11-16(21)12-20(19(15)10-13)18-8-4-6-14-5-2-3-7-17(14)18;1-6-2-7-4-8(12)5-10(11)9(7)3-6;1-3(2)5-4/h2-9,11-12H,10H2,1H3;2,4-5H,3H2,1H3;3-4H,1-2H3. The first-order chi connectivity index (χ1) is 18.2. The summed E-state index contributed by atoms with van der Waals surface area (Å²) in [6.45, 7) is 7.82. The maximum absolute atomic E-state index is 7.64. The number of rotatable bonds is 2. The minimum Gasteiger partial charge on any atom is -0.252 e. The summed E-state index contributed by atoms with van der Waals surface area (Å²) < 4.78 is 1.12. The molecule has 0 bridgehead atoms. The molecule has 0 saturated carbocycles. The van der Waals surface area contributed by atoms with Crippen molar-refractivity contribution in [3.63, 3.8) is 0 Å². The molecule has 0 atom stereocenters. The maximum atomic E-state index is 7.64. The molecule has 0 aliphatic heterocycles. The number of halogens is 3. The van der Waals surface area contributed by atoms with Crippen molar-refractivity contribution >= 4 is 62.1 Å². The van der Waals surface area contributed by atoms with Gasteiger partial charge in [0.25, 0.3) is 0 Å². The van der Waals surface area contributed by atoms with Gasteiger partial charge in [0.15, 0.2) is 0 Å². The van der Waals surface area contributed by atoms with Crippen molar-refractivity contribution in [1.29, 1.82) is 0 Å². The van der Waals surface area contributed by atoms with Gasteiger partial charge in [0.05, 0.1) is 6.10 Å². The van der Waals surface area contributed by atoms with Crippen molar-refractivity contribution in [2.24, 2.45) is 0 Å². The number of allylic oxidation sites excluding steroid dienone is 2. The fourth-order valence-corrected chi connectivity index (χ4v) is 6.01. The lowest BCUT2D eigenvalue weighted by molar-refractivity contribution is -0.269. The fourth-order valence-electron chi connectivity index (χ4n) is 4.81. The highest BCUT2D eigenvalue weighted by molar-refractivity contribution is 9.10. The van der Waals surface area contributed by atoms with Gasteiger partial charge >= 0.3 is 0 Å². The summed E-state index contributed by atoms with van der Waals surface area (Å²) in [5.74, 6) is 0. The Morgan fingerprint density at radius 1 is 0.763 bits per heavy atom. The van der Waals surface area contributed by atoms with Crippen LogP contribution in [-0.4, -0.2) is 11.4 Å². The SMILES string of the molecule is CC(C)OO.CC1=Cc2cc(Cl)cc(-c3cccc4ccccc34)c2C1.CC1=Cc2cc(Cl)cc(Br)c2C1. The zero-order valence-corrected chi connectivity index (χ0v) is 25.1. The Labute approximate surface area is 243 Å². The van der Waals surface area contributed by atoms with Crippen LogP contribution in [0.25, 0.3) is 34.1 Å². The monoisotopic (exact) mass is 608 g/mol. The summed E-state index contributed by atoms with van der Waals surface area (Å²) >= 11 is 15.8. The lowest BCUT2D eigenvalue weighted by atomic mass is 9.92. The zero-order chi connectivity index (χ0) is 27.4. The summed E-state index contributed by atoms with van der Waals surface area (Å²) in [6.07, 6.45) is 6.44. The molecule has 38 heavy (non-hydrogen) atoms. The predicted molar refractivity (Wildman–Crippen MR) is 167 cm³/mol. The summed E-state index contributed by atoms with van der Waals surface area (Å²) in [7, 11) is 0. The average Bonchev–Trinajstić information content (AvgIpc) is 3.44. The van der Waals surface area contributed by atoms with Crippen LogP contribution in [0, 0.1) is 0 Å². The molecule has 1 N–H and O–H groups in total. The van der Waals surface area contributed by atoms with Crippen molar-refractivity contribution in [3.05, 3.63) is 115 Å². The van der Waals surface area contributed by atoms with Gasteiger partial charge in [-0.2, -0.15) is 0 Å². The molecule has 2 aliphatic rings. The van der Waals surface area contributed by atoms with Gasteiger partial charge in [-0.15, -0.1) is 0 Å². The summed E-state index contributed by atoms with van der Waals surface area (Å²) in [5.41, 5.74) is 10.6. The Kier molecular flexibility index (Phi) is 9.51. The molecule has 4 aromatic rings. The highest BCUT2D eigenvalue weighted by Gasteiger charge is 2.17. The molecule has 0 spiro atoms. The minimum absolute atomic E-state index is 0.0602. The van der Waals surface area contributed by atoms with E-state index < -0.39 is 0 Å². The van der Waals surface area contributed by atoms with E-state index in [2.05, 4.69) is 101 Å². The van der Waals surface area contributed by atoms with Gasteiger partial charge in [0.2, 0.25) is 0 Å². The van der Waals surface area contributed by atoms with Crippen LogP contribution in [0.15, 0.2) is 82.3 Å². The van der Waals surface area contributed by atoms with Gasteiger partial charge in [-0.3, -0.25) is 5.26 Å². The summed E-state index contributed by atoms with van der Waals surface area (Å²) in [5, 5.41) is 11.8. The molecule has 196 valence electrons. The first-order valence-corrected chi connectivity index (χ1v) is 14.1. The molecular weight excluding hydrogens is 579 g/mol. The topological polar surface area (TPSA) is 29.5 Å². The smallest absolute Gasteiger partial charge is 0.0871 e. The van der Waals surface area contributed by atoms with E-state index in [9.17, 15) is 0 Å². The van der Waals surface area contributed by atoms with Gasteiger partial charge in [-0.25, -0.2) is 4.89 Å². The van der Waals surface area contributed by atoms with Crippen LogP contribution in [0.1, 0.15) is 49.9 Å². The summed E-state index contributed by atoms with van der Waals surface area (Å²) in [4.78, 5) is 3.75. The number of fused-ring (bicyclic) bond motifs is 3. The van der Waals surface area contributed by atoms with Crippen molar-refractivity contribution in [1.82, 2.24) is 0 Å². The molecular formula is C33H31BrCl2O2. The third kappa shape index (κ3) is 6.77. The van der Waals surface area contributed by atoms with Gasteiger partial charge in [0.1, 0.15) is 0 Å². The van der Waals surface area contributed by atoms with Crippen molar-refractivity contribution in [3.8, 4) is 11.1 Å². The quantitative estimate of drug-likeness (QED) is 0.181. The van der Waals surface area contributed by atoms with Crippen LogP contribution < -0.4 is 0 Å². The second-order valence-corrected chi connectivity index (χ2v) is 11.7. The number of hydrogen-bond donors (Lipinski definition) is 1. The van der Waals surface area contributed by atoms with Gasteiger partial charge in [0, 0.05) is 14.5 Å². The Hall–Kier alpha value is -2.40. The normalized spacial score (nSPS) is 13.2. The van der Waals surface area contributed by atoms with Gasteiger partial charge < -0.3 is 0 Å². The van der Waals surface area contributed by atoms with Gasteiger partial charge in [-0.05, 0) is 109 Å². The Bertz CT molecular complexity index is 1530. The van der Waals surface area contributed by atoms with E-state index in [1.807, 2.05) is 12.1 Å². The van der Waals surface area contributed by atoms with E-state index >= 15 is 0 Å². The zero-order valence-electron chi connectivity index (χ0n) is 22.0. The van der Waals surface area contributed by atoms with Crippen LogP contribution in [-0.2, 0) is 17.7 Å². The van der Waals surface area contributed by atoms with E-state index in [1.54, 1.807) is 13.8 Å². The Balaban J connectivity index is 0.000000167. The summed E-state index contributed by atoms with van der Waals surface area (Å²) in [6, 6.07) is 23.2. The van der Waals surface area contributed by atoms with Crippen molar-refractivity contribution < 1.29 is 10.1 Å². The lowest BCUT2D eigenvalue weighted by Crippen LogP contribution is -1.95.